The Labute approximate surface area is 123 Å². The molecule has 0 radical (unpaired) electrons. The van der Waals surface area contributed by atoms with Gasteiger partial charge in [-0.05, 0) is 22.6 Å². The maximum atomic E-state index is 10.6. The lowest BCUT2D eigenvalue weighted by Crippen LogP contribution is -2.01. The van der Waals surface area contributed by atoms with Gasteiger partial charge in [0.05, 0.1) is 7.05 Å². The summed E-state index contributed by atoms with van der Waals surface area (Å²) in [7, 11) is 1.54. The van der Waals surface area contributed by atoms with E-state index in [0.29, 0.717) is 12.4 Å². The molecule has 2 rings (SSSR count). The van der Waals surface area contributed by atoms with Crippen LogP contribution in [-0.2, 0) is 18.5 Å². The molecule has 0 spiro atoms. The molecule has 0 saturated heterocycles. The lowest BCUT2D eigenvalue weighted by Gasteiger charge is -1.99. The third-order valence-corrected chi connectivity index (χ3v) is 3.10. The number of benzene rings is 1. The lowest BCUT2D eigenvalue weighted by molar-refractivity contribution is -0.391. The van der Waals surface area contributed by atoms with Crippen LogP contribution < -0.4 is 0 Å². The molecule has 1 aromatic heterocycles. The van der Waals surface area contributed by atoms with Crippen molar-refractivity contribution in [3.8, 4) is 0 Å². The number of nitrogens with zero attached hydrogens (tertiary/aromatic N) is 4. The first-order valence-corrected chi connectivity index (χ1v) is 6.43. The minimum absolute atomic E-state index is 0.0978. The fourth-order valence-electron chi connectivity index (χ4n) is 1.48. The van der Waals surface area contributed by atoms with E-state index in [1.54, 1.807) is 7.05 Å². The maximum Gasteiger partial charge on any atom is 0.342 e. The van der Waals surface area contributed by atoms with Gasteiger partial charge in [0.2, 0.25) is 5.82 Å². The predicted octanol–water partition coefficient (Wildman–Crippen LogP) is 2.64. The summed E-state index contributed by atoms with van der Waals surface area (Å²) < 4.78 is 2.32. The van der Waals surface area contributed by atoms with Crippen molar-refractivity contribution in [1.29, 1.82) is 0 Å². The van der Waals surface area contributed by atoms with Crippen molar-refractivity contribution in [2.45, 2.75) is 6.61 Å². The van der Waals surface area contributed by atoms with E-state index in [1.807, 2.05) is 24.3 Å². The first-order valence-electron chi connectivity index (χ1n) is 5.64. The van der Waals surface area contributed by atoms with Crippen molar-refractivity contribution in [3.05, 3.63) is 56.4 Å². The summed E-state index contributed by atoms with van der Waals surface area (Å²) in [4.78, 5) is 19.1. The van der Waals surface area contributed by atoms with Crippen LogP contribution in [0.2, 0.25) is 0 Å². The first kappa shape index (κ1) is 14.2. The minimum Gasteiger partial charge on any atom is -0.391 e. The molecule has 0 N–H and O–H groups in total. The summed E-state index contributed by atoms with van der Waals surface area (Å²) in [6.45, 7) is 0.316. The van der Waals surface area contributed by atoms with Crippen molar-refractivity contribution < 1.29 is 9.76 Å². The van der Waals surface area contributed by atoms with E-state index in [2.05, 4.69) is 26.1 Å². The topological polar surface area (TPSA) is 82.5 Å². The Morgan fingerprint density at radius 2 is 2.20 bits per heavy atom. The van der Waals surface area contributed by atoms with Crippen LogP contribution in [0.1, 0.15) is 11.4 Å². The van der Waals surface area contributed by atoms with Crippen LogP contribution in [0.15, 0.2) is 40.1 Å². The zero-order chi connectivity index (χ0) is 14.5. The zero-order valence-electron chi connectivity index (χ0n) is 10.6. The number of oxime groups is 1. The van der Waals surface area contributed by atoms with E-state index < -0.39 is 4.92 Å². The SMILES string of the molecule is Cn1c([N+](=O)[O-])cnc1/C=N/OCc1ccc(Br)cc1. The van der Waals surface area contributed by atoms with Gasteiger partial charge in [0, 0.05) is 4.47 Å². The van der Waals surface area contributed by atoms with Crippen LogP contribution in [0.5, 0.6) is 0 Å². The van der Waals surface area contributed by atoms with Crippen LogP contribution in [0.25, 0.3) is 0 Å². The molecule has 0 bridgehead atoms. The molecule has 0 fully saturated rings. The smallest absolute Gasteiger partial charge is 0.342 e. The van der Waals surface area contributed by atoms with Crippen LogP contribution in [0, 0.1) is 10.1 Å². The minimum atomic E-state index is -0.507. The van der Waals surface area contributed by atoms with Crippen molar-refractivity contribution in [2.24, 2.45) is 12.2 Å². The van der Waals surface area contributed by atoms with Crippen LogP contribution in [0.4, 0.5) is 5.82 Å². The Bertz CT molecular complexity index is 637. The largest absolute Gasteiger partial charge is 0.391 e. The molecule has 0 amide bonds. The number of imidazole rings is 1. The highest BCUT2D eigenvalue weighted by molar-refractivity contribution is 9.10. The zero-order valence-corrected chi connectivity index (χ0v) is 12.1. The molecule has 20 heavy (non-hydrogen) atoms. The van der Waals surface area contributed by atoms with Gasteiger partial charge < -0.3 is 15.0 Å². The Morgan fingerprint density at radius 1 is 1.50 bits per heavy atom. The second kappa shape index (κ2) is 6.29. The van der Waals surface area contributed by atoms with Crippen molar-refractivity contribution in [2.75, 3.05) is 0 Å². The average Bonchev–Trinajstić information content (AvgIpc) is 2.78. The van der Waals surface area contributed by atoms with E-state index in [0.717, 1.165) is 10.0 Å². The van der Waals surface area contributed by atoms with Crippen molar-refractivity contribution in [3.63, 3.8) is 0 Å². The normalized spacial score (nSPS) is 10.9. The number of aromatic nitrogens is 2. The van der Waals surface area contributed by atoms with Crippen LogP contribution in [-0.4, -0.2) is 20.7 Å². The van der Waals surface area contributed by atoms with Crippen LogP contribution in [0.3, 0.4) is 0 Å². The Morgan fingerprint density at radius 3 is 2.80 bits per heavy atom. The molecule has 1 aromatic carbocycles. The van der Waals surface area contributed by atoms with E-state index >= 15 is 0 Å². The number of hydrogen-bond acceptors (Lipinski definition) is 5. The van der Waals surface area contributed by atoms with Crippen molar-refractivity contribution >= 4 is 28.0 Å². The quantitative estimate of drug-likeness (QED) is 0.476. The molecular formula is C12H11BrN4O3. The molecule has 0 aliphatic rings. The highest BCUT2D eigenvalue weighted by Gasteiger charge is 2.14. The molecule has 0 aliphatic carbocycles. The molecular weight excluding hydrogens is 328 g/mol. The summed E-state index contributed by atoms with van der Waals surface area (Å²) in [5.41, 5.74) is 0.969. The Kier molecular flexibility index (Phi) is 4.46. The predicted molar refractivity (Wildman–Crippen MR) is 76.4 cm³/mol. The monoisotopic (exact) mass is 338 g/mol. The molecule has 0 saturated carbocycles. The van der Waals surface area contributed by atoms with Gasteiger partial charge in [-0.3, -0.25) is 0 Å². The maximum absolute atomic E-state index is 10.6. The number of hydrogen-bond donors (Lipinski definition) is 0. The molecule has 0 aliphatic heterocycles. The summed E-state index contributed by atoms with van der Waals surface area (Å²) in [5.74, 6) is 0.256. The second-order valence-corrected chi connectivity index (χ2v) is 4.84. The van der Waals surface area contributed by atoms with Gasteiger partial charge in [0.15, 0.2) is 0 Å². The van der Waals surface area contributed by atoms with Crippen LogP contribution >= 0.6 is 15.9 Å². The van der Waals surface area contributed by atoms with E-state index in [1.165, 1.54) is 17.0 Å². The first-order chi connectivity index (χ1) is 9.58. The number of nitro groups is 1. The van der Waals surface area contributed by atoms with Gasteiger partial charge in [-0.25, -0.2) is 9.55 Å². The second-order valence-electron chi connectivity index (χ2n) is 3.93. The fourth-order valence-corrected chi connectivity index (χ4v) is 1.75. The summed E-state index contributed by atoms with van der Waals surface area (Å²) in [5, 5.41) is 14.4. The molecule has 104 valence electrons. The lowest BCUT2D eigenvalue weighted by atomic mass is 10.2. The van der Waals surface area contributed by atoms with E-state index in [9.17, 15) is 10.1 Å². The Hall–Kier alpha value is -2.22. The van der Waals surface area contributed by atoms with Crippen molar-refractivity contribution in [1.82, 2.24) is 9.55 Å². The van der Waals surface area contributed by atoms with E-state index in [-0.39, 0.29) is 5.82 Å². The van der Waals surface area contributed by atoms with Gasteiger partial charge in [0.25, 0.3) is 0 Å². The fraction of sp³-hybridized carbons (Fsp3) is 0.167. The van der Waals surface area contributed by atoms with Gasteiger partial charge in [-0.15, -0.1) is 0 Å². The highest BCUT2D eigenvalue weighted by Crippen LogP contribution is 2.12. The molecule has 2 aromatic rings. The molecule has 0 unspecified atom stereocenters. The van der Waals surface area contributed by atoms with Gasteiger partial charge in [0.1, 0.15) is 19.0 Å². The average molecular weight is 339 g/mol. The molecule has 0 atom stereocenters. The summed E-state index contributed by atoms with van der Waals surface area (Å²) in [6.07, 6.45) is 2.52. The molecule has 7 nitrogen and oxygen atoms in total. The van der Waals surface area contributed by atoms with Gasteiger partial charge in [-0.2, -0.15) is 0 Å². The summed E-state index contributed by atoms with van der Waals surface area (Å²) in [6, 6.07) is 7.63. The Balaban J connectivity index is 1.94. The number of rotatable bonds is 5. The third kappa shape index (κ3) is 3.41. The third-order valence-electron chi connectivity index (χ3n) is 2.57. The van der Waals surface area contributed by atoms with E-state index in [4.69, 9.17) is 4.84 Å². The number of halogens is 1. The molecule has 8 heteroatoms. The van der Waals surface area contributed by atoms with Gasteiger partial charge in [-0.1, -0.05) is 33.2 Å². The van der Waals surface area contributed by atoms with Gasteiger partial charge >= 0.3 is 5.82 Å². The standard InChI is InChI=1S/C12H11BrN4O3/c1-16-11(14-7-12(16)17(18)19)6-15-20-8-9-2-4-10(13)5-3-9/h2-7H,8H2,1H3/b15-6+. The molecule has 1 heterocycles. The highest BCUT2D eigenvalue weighted by atomic mass is 79.9. The summed E-state index contributed by atoms with van der Waals surface area (Å²) >= 11 is 3.34.